The zero-order chi connectivity index (χ0) is 13.1. The highest BCUT2D eigenvalue weighted by molar-refractivity contribution is 5.92. The monoisotopic (exact) mass is 244 g/mol. The summed E-state index contributed by atoms with van der Waals surface area (Å²) in [6.07, 6.45) is 0.863. The number of hydrogen-bond acceptors (Lipinski definition) is 3. The van der Waals surface area contributed by atoms with Crippen molar-refractivity contribution < 1.29 is 4.74 Å². The molecule has 0 amide bonds. The molecule has 0 saturated carbocycles. The van der Waals surface area contributed by atoms with Crippen molar-refractivity contribution in [3.05, 3.63) is 35.5 Å². The standard InChI is InChI=1S/C15H20N2O/c1-10(2)14-9-13(16)12-6-4-5-11(7-8-18-3)15(12)17-14/h4-6,9-10H,7-8H2,1-3H3,(H2,16,17). The molecule has 1 aromatic carbocycles. The van der Waals surface area contributed by atoms with Gasteiger partial charge in [0.05, 0.1) is 12.1 Å². The first-order valence-electron chi connectivity index (χ1n) is 6.30. The van der Waals surface area contributed by atoms with E-state index >= 15 is 0 Å². The van der Waals surface area contributed by atoms with Crippen LogP contribution in [-0.2, 0) is 11.2 Å². The molecule has 2 rings (SSSR count). The molecule has 18 heavy (non-hydrogen) atoms. The lowest BCUT2D eigenvalue weighted by molar-refractivity contribution is 0.202. The Labute approximate surface area is 108 Å². The molecule has 3 heteroatoms. The zero-order valence-electron chi connectivity index (χ0n) is 11.2. The molecule has 0 spiro atoms. The van der Waals surface area contributed by atoms with E-state index in [1.807, 2.05) is 18.2 Å². The summed E-state index contributed by atoms with van der Waals surface area (Å²) in [6.45, 7) is 4.96. The van der Waals surface area contributed by atoms with Crippen molar-refractivity contribution >= 4 is 16.6 Å². The van der Waals surface area contributed by atoms with Crippen molar-refractivity contribution in [2.75, 3.05) is 19.5 Å². The van der Waals surface area contributed by atoms with E-state index in [1.54, 1.807) is 7.11 Å². The van der Waals surface area contributed by atoms with Crippen LogP contribution in [0.2, 0.25) is 0 Å². The lowest BCUT2D eigenvalue weighted by Gasteiger charge is -2.12. The predicted molar refractivity (Wildman–Crippen MR) is 75.8 cm³/mol. The fraction of sp³-hybridized carbons (Fsp3) is 0.400. The van der Waals surface area contributed by atoms with Crippen LogP contribution >= 0.6 is 0 Å². The van der Waals surface area contributed by atoms with E-state index in [0.717, 1.165) is 28.7 Å². The molecule has 0 aliphatic rings. The number of nitrogen functional groups attached to an aromatic ring is 1. The summed E-state index contributed by atoms with van der Waals surface area (Å²) in [4.78, 5) is 4.75. The van der Waals surface area contributed by atoms with Gasteiger partial charge in [-0.05, 0) is 24.0 Å². The molecule has 1 heterocycles. The normalized spacial score (nSPS) is 11.3. The van der Waals surface area contributed by atoms with Crippen LogP contribution in [0.1, 0.15) is 31.0 Å². The summed E-state index contributed by atoms with van der Waals surface area (Å²) in [6, 6.07) is 8.13. The molecule has 0 aliphatic heterocycles. The van der Waals surface area contributed by atoms with Gasteiger partial charge in [-0.2, -0.15) is 0 Å². The van der Waals surface area contributed by atoms with Gasteiger partial charge in [0.2, 0.25) is 0 Å². The summed E-state index contributed by atoms with van der Waals surface area (Å²) >= 11 is 0. The molecule has 0 aliphatic carbocycles. The van der Waals surface area contributed by atoms with Crippen LogP contribution < -0.4 is 5.73 Å². The Hall–Kier alpha value is -1.61. The van der Waals surface area contributed by atoms with Crippen molar-refractivity contribution in [3.8, 4) is 0 Å². The average Bonchev–Trinajstić information content (AvgIpc) is 2.36. The van der Waals surface area contributed by atoms with E-state index < -0.39 is 0 Å². The zero-order valence-corrected chi connectivity index (χ0v) is 11.2. The van der Waals surface area contributed by atoms with Gasteiger partial charge in [0.15, 0.2) is 0 Å². The largest absolute Gasteiger partial charge is 0.398 e. The molecule has 2 aromatic rings. The van der Waals surface area contributed by atoms with E-state index in [9.17, 15) is 0 Å². The van der Waals surface area contributed by atoms with Crippen LogP contribution in [-0.4, -0.2) is 18.7 Å². The van der Waals surface area contributed by atoms with Crippen LogP contribution in [0.5, 0.6) is 0 Å². The Morgan fingerprint density at radius 3 is 2.78 bits per heavy atom. The first-order chi connectivity index (χ1) is 8.63. The molecular formula is C15H20N2O. The van der Waals surface area contributed by atoms with Crippen molar-refractivity contribution in [1.82, 2.24) is 4.98 Å². The van der Waals surface area contributed by atoms with Crippen LogP contribution in [0.4, 0.5) is 5.69 Å². The van der Waals surface area contributed by atoms with Crippen LogP contribution in [0.25, 0.3) is 10.9 Å². The summed E-state index contributed by atoms with van der Waals surface area (Å²) in [5.74, 6) is 0.382. The van der Waals surface area contributed by atoms with Crippen LogP contribution in [0.3, 0.4) is 0 Å². The number of ether oxygens (including phenoxy) is 1. The van der Waals surface area contributed by atoms with Crippen molar-refractivity contribution in [1.29, 1.82) is 0 Å². The van der Waals surface area contributed by atoms with E-state index in [2.05, 4.69) is 19.9 Å². The molecule has 0 saturated heterocycles. The maximum absolute atomic E-state index is 6.12. The summed E-state index contributed by atoms with van der Waals surface area (Å²) < 4.78 is 5.14. The lowest BCUT2D eigenvalue weighted by Crippen LogP contribution is -2.01. The van der Waals surface area contributed by atoms with Crippen molar-refractivity contribution in [2.45, 2.75) is 26.2 Å². The molecule has 0 fully saturated rings. The van der Waals surface area contributed by atoms with Crippen LogP contribution in [0, 0.1) is 0 Å². The maximum Gasteiger partial charge on any atom is 0.0758 e. The number of rotatable bonds is 4. The van der Waals surface area contributed by atoms with E-state index in [0.29, 0.717) is 12.5 Å². The first-order valence-corrected chi connectivity index (χ1v) is 6.30. The van der Waals surface area contributed by atoms with Gasteiger partial charge in [-0.15, -0.1) is 0 Å². The molecule has 1 aromatic heterocycles. The van der Waals surface area contributed by atoms with Crippen LogP contribution in [0.15, 0.2) is 24.3 Å². The third kappa shape index (κ3) is 2.46. The lowest BCUT2D eigenvalue weighted by atomic mass is 10.0. The number of nitrogens with zero attached hydrogens (tertiary/aromatic N) is 1. The Morgan fingerprint density at radius 1 is 1.33 bits per heavy atom. The summed E-state index contributed by atoms with van der Waals surface area (Å²) in [7, 11) is 1.71. The third-order valence-corrected chi connectivity index (χ3v) is 3.14. The summed E-state index contributed by atoms with van der Waals surface area (Å²) in [5.41, 5.74) is 10.2. The number of pyridine rings is 1. The Balaban J connectivity index is 2.58. The third-order valence-electron chi connectivity index (χ3n) is 3.14. The van der Waals surface area contributed by atoms with Gasteiger partial charge in [0, 0.05) is 23.9 Å². The first kappa shape index (κ1) is 12.8. The van der Waals surface area contributed by atoms with E-state index in [4.69, 9.17) is 15.5 Å². The predicted octanol–water partition coefficient (Wildman–Crippen LogP) is 3.13. The number of hydrogen-bond donors (Lipinski definition) is 1. The minimum Gasteiger partial charge on any atom is -0.398 e. The summed E-state index contributed by atoms with van der Waals surface area (Å²) in [5, 5.41) is 1.04. The number of methoxy groups -OCH3 is 1. The van der Waals surface area contributed by atoms with Gasteiger partial charge in [0.25, 0.3) is 0 Å². The number of fused-ring (bicyclic) bond motifs is 1. The number of benzene rings is 1. The van der Waals surface area contributed by atoms with Gasteiger partial charge in [0.1, 0.15) is 0 Å². The Bertz CT molecular complexity index is 549. The second-order valence-electron chi connectivity index (χ2n) is 4.85. The fourth-order valence-electron chi connectivity index (χ4n) is 2.06. The van der Waals surface area contributed by atoms with Gasteiger partial charge in [-0.25, -0.2) is 0 Å². The topological polar surface area (TPSA) is 48.1 Å². The van der Waals surface area contributed by atoms with Gasteiger partial charge in [-0.1, -0.05) is 32.0 Å². The van der Waals surface area contributed by atoms with Gasteiger partial charge in [-0.3, -0.25) is 4.98 Å². The Kier molecular flexibility index (Phi) is 3.82. The van der Waals surface area contributed by atoms with Gasteiger partial charge >= 0.3 is 0 Å². The molecule has 3 nitrogen and oxygen atoms in total. The fourth-order valence-corrected chi connectivity index (χ4v) is 2.06. The number of nitrogens with two attached hydrogens (primary N) is 1. The number of aromatic nitrogens is 1. The quantitative estimate of drug-likeness (QED) is 0.898. The highest BCUT2D eigenvalue weighted by Gasteiger charge is 2.09. The van der Waals surface area contributed by atoms with Crippen molar-refractivity contribution in [3.63, 3.8) is 0 Å². The van der Waals surface area contributed by atoms with E-state index in [-0.39, 0.29) is 0 Å². The molecule has 0 radical (unpaired) electrons. The second kappa shape index (κ2) is 5.36. The maximum atomic E-state index is 6.12. The molecule has 2 N–H and O–H groups in total. The molecule has 0 atom stereocenters. The molecule has 0 bridgehead atoms. The number of anilines is 1. The van der Waals surface area contributed by atoms with E-state index in [1.165, 1.54) is 5.56 Å². The highest BCUT2D eigenvalue weighted by Crippen LogP contribution is 2.26. The average molecular weight is 244 g/mol. The second-order valence-corrected chi connectivity index (χ2v) is 4.85. The van der Waals surface area contributed by atoms with Gasteiger partial charge < -0.3 is 10.5 Å². The Morgan fingerprint density at radius 2 is 2.11 bits per heavy atom. The minimum absolute atomic E-state index is 0.382. The van der Waals surface area contributed by atoms with Crippen molar-refractivity contribution in [2.24, 2.45) is 0 Å². The highest BCUT2D eigenvalue weighted by atomic mass is 16.5. The smallest absolute Gasteiger partial charge is 0.0758 e. The SMILES string of the molecule is COCCc1cccc2c(N)cc(C(C)C)nc12. The molecular weight excluding hydrogens is 224 g/mol. The number of para-hydroxylation sites is 1. The minimum atomic E-state index is 0.382. The molecule has 96 valence electrons. The molecule has 0 unspecified atom stereocenters.